The van der Waals surface area contributed by atoms with Gasteiger partial charge in [0, 0.05) is 11.6 Å². The molecular formula is C18H17ClN4O2. The Labute approximate surface area is 150 Å². The molecule has 128 valence electrons. The molecule has 0 aliphatic heterocycles. The molecule has 0 aliphatic rings. The third kappa shape index (κ3) is 3.80. The molecule has 1 heterocycles. The monoisotopic (exact) mass is 356 g/mol. The van der Waals surface area contributed by atoms with Gasteiger partial charge in [-0.25, -0.2) is 4.68 Å². The number of halogens is 1. The molecule has 0 fully saturated rings. The van der Waals surface area contributed by atoms with Crippen molar-refractivity contribution in [3.8, 4) is 11.4 Å². The number of ether oxygens (including phenoxy) is 1. The molecule has 1 amide bonds. The number of rotatable bonds is 5. The lowest BCUT2D eigenvalue weighted by Crippen LogP contribution is -2.24. The predicted molar refractivity (Wildman–Crippen MR) is 95.3 cm³/mol. The van der Waals surface area contributed by atoms with Crippen LogP contribution in [0.3, 0.4) is 0 Å². The van der Waals surface area contributed by atoms with Crippen molar-refractivity contribution in [2.75, 3.05) is 7.11 Å². The maximum absolute atomic E-state index is 12.4. The van der Waals surface area contributed by atoms with Crippen molar-refractivity contribution in [2.45, 2.75) is 13.5 Å². The van der Waals surface area contributed by atoms with Crippen molar-refractivity contribution in [1.29, 1.82) is 0 Å². The van der Waals surface area contributed by atoms with E-state index in [9.17, 15) is 4.79 Å². The molecule has 6 nitrogen and oxygen atoms in total. The molecule has 2 aromatic carbocycles. The van der Waals surface area contributed by atoms with Crippen LogP contribution in [0.25, 0.3) is 5.69 Å². The summed E-state index contributed by atoms with van der Waals surface area (Å²) in [6, 6.07) is 14.7. The highest BCUT2D eigenvalue weighted by atomic mass is 35.5. The van der Waals surface area contributed by atoms with Crippen LogP contribution in [0.4, 0.5) is 0 Å². The Kier molecular flexibility index (Phi) is 5.00. The fourth-order valence-electron chi connectivity index (χ4n) is 2.38. The van der Waals surface area contributed by atoms with Gasteiger partial charge in [-0.1, -0.05) is 28.9 Å². The lowest BCUT2D eigenvalue weighted by Gasteiger charge is -2.06. The van der Waals surface area contributed by atoms with Crippen molar-refractivity contribution in [3.05, 3.63) is 70.5 Å². The molecule has 25 heavy (non-hydrogen) atoms. The minimum absolute atomic E-state index is 0.270. The van der Waals surface area contributed by atoms with Crippen molar-refractivity contribution in [2.24, 2.45) is 0 Å². The highest BCUT2D eigenvalue weighted by Crippen LogP contribution is 2.16. The Morgan fingerprint density at radius 3 is 2.48 bits per heavy atom. The number of aromatic nitrogens is 3. The first-order valence-electron chi connectivity index (χ1n) is 7.68. The Morgan fingerprint density at radius 2 is 1.84 bits per heavy atom. The molecule has 7 heteroatoms. The maximum Gasteiger partial charge on any atom is 0.274 e. The number of carbonyl (C=O) groups is 1. The number of methoxy groups -OCH3 is 1. The molecule has 1 N–H and O–H groups in total. The number of nitrogens with one attached hydrogen (secondary N) is 1. The number of carbonyl (C=O) groups excluding carboxylic acids is 1. The van der Waals surface area contributed by atoms with Gasteiger partial charge in [-0.05, 0) is 48.9 Å². The summed E-state index contributed by atoms with van der Waals surface area (Å²) >= 11 is 5.90. The second-order valence-corrected chi connectivity index (χ2v) is 5.88. The fourth-order valence-corrected chi connectivity index (χ4v) is 2.50. The summed E-state index contributed by atoms with van der Waals surface area (Å²) in [7, 11) is 1.61. The molecule has 0 saturated heterocycles. The fraction of sp³-hybridized carbons (Fsp3) is 0.167. The van der Waals surface area contributed by atoms with Gasteiger partial charge in [-0.15, -0.1) is 5.10 Å². The Balaban J connectivity index is 1.71. The summed E-state index contributed by atoms with van der Waals surface area (Å²) in [5.41, 5.74) is 2.72. The summed E-state index contributed by atoms with van der Waals surface area (Å²) < 4.78 is 6.73. The van der Waals surface area contributed by atoms with Gasteiger partial charge >= 0.3 is 0 Å². The van der Waals surface area contributed by atoms with Crippen molar-refractivity contribution < 1.29 is 9.53 Å². The largest absolute Gasteiger partial charge is 0.497 e. The molecule has 0 bridgehead atoms. The average Bonchev–Trinajstić information content (AvgIpc) is 3.02. The summed E-state index contributed by atoms with van der Waals surface area (Å²) in [5, 5.41) is 11.6. The van der Waals surface area contributed by atoms with E-state index in [1.165, 1.54) is 0 Å². The number of amides is 1. The molecular weight excluding hydrogens is 340 g/mol. The van der Waals surface area contributed by atoms with Gasteiger partial charge in [-0.2, -0.15) is 0 Å². The van der Waals surface area contributed by atoms with E-state index in [1.54, 1.807) is 30.8 Å². The number of nitrogens with zero attached hydrogens (tertiary/aromatic N) is 3. The first-order chi connectivity index (χ1) is 12.1. The van der Waals surface area contributed by atoms with Gasteiger partial charge in [0.1, 0.15) is 5.75 Å². The molecule has 3 rings (SSSR count). The van der Waals surface area contributed by atoms with E-state index in [-0.39, 0.29) is 5.91 Å². The second-order valence-electron chi connectivity index (χ2n) is 5.44. The standard InChI is InChI=1S/C18H17ClN4O2/c1-12-17(21-22-23(12)15-7-5-14(19)6-8-15)18(24)20-11-13-3-9-16(25-2)10-4-13/h3-10H,11H2,1-2H3,(H,20,24). The van der Waals surface area contributed by atoms with Crippen LogP contribution in [-0.2, 0) is 6.54 Å². The quantitative estimate of drug-likeness (QED) is 0.762. The van der Waals surface area contributed by atoms with Crippen LogP contribution in [0.15, 0.2) is 48.5 Å². The smallest absolute Gasteiger partial charge is 0.274 e. The van der Waals surface area contributed by atoms with E-state index in [1.807, 2.05) is 36.4 Å². The third-order valence-electron chi connectivity index (χ3n) is 3.79. The molecule has 0 saturated carbocycles. The van der Waals surface area contributed by atoms with Gasteiger partial charge in [0.2, 0.25) is 0 Å². The Bertz CT molecular complexity index is 873. The first-order valence-corrected chi connectivity index (χ1v) is 8.05. The van der Waals surface area contributed by atoms with Crippen molar-refractivity contribution in [3.63, 3.8) is 0 Å². The number of benzene rings is 2. The SMILES string of the molecule is COc1ccc(CNC(=O)c2nnn(-c3ccc(Cl)cc3)c2C)cc1. The van der Waals surface area contributed by atoms with Gasteiger partial charge in [0.05, 0.1) is 18.5 Å². The molecule has 1 aromatic heterocycles. The van der Waals surface area contributed by atoms with E-state index < -0.39 is 0 Å². The topological polar surface area (TPSA) is 69.0 Å². The van der Waals surface area contributed by atoms with E-state index in [0.717, 1.165) is 17.0 Å². The zero-order chi connectivity index (χ0) is 17.8. The summed E-state index contributed by atoms with van der Waals surface area (Å²) in [4.78, 5) is 12.4. The van der Waals surface area contributed by atoms with Crippen LogP contribution < -0.4 is 10.1 Å². The average molecular weight is 357 g/mol. The summed E-state index contributed by atoms with van der Waals surface area (Å²) in [6.07, 6.45) is 0. The van der Waals surface area contributed by atoms with Crippen LogP contribution in [-0.4, -0.2) is 28.0 Å². The van der Waals surface area contributed by atoms with E-state index in [0.29, 0.717) is 23.0 Å². The van der Waals surface area contributed by atoms with Crippen LogP contribution in [0.5, 0.6) is 5.75 Å². The normalized spacial score (nSPS) is 10.5. The highest BCUT2D eigenvalue weighted by Gasteiger charge is 2.17. The lowest BCUT2D eigenvalue weighted by molar-refractivity contribution is 0.0945. The number of hydrogen-bond acceptors (Lipinski definition) is 4. The summed E-state index contributed by atoms with van der Waals surface area (Å²) in [6.45, 7) is 2.20. The molecule has 0 radical (unpaired) electrons. The van der Waals surface area contributed by atoms with Gasteiger partial charge in [0.25, 0.3) is 5.91 Å². The molecule has 0 aliphatic carbocycles. The summed E-state index contributed by atoms with van der Waals surface area (Å²) in [5.74, 6) is 0.505. The molecule has 0 unspecified atom stereocenters. The van der Waals surface area contributed by atoms with Crippen molar-refractivity contribution in [1.82, 2.24) is 20.3 Å². The predicted octanol–water partition coefficient (Wildman–Crippen LogP) is 3.17. The first kappa shape index (κ1) is 17.0. The highest BCUT2D eigenvalue weighted by molar-refractivity contribution is 6.30. The molecule has 0 spiro atoms. The maximum atomic E-state index is 12.4. The Morgan fingerprint density at radius 1 is 1.16 bits per heavy atom. The zero-order valence-corrected chi connectivity index (χ0v) is 14.6. The van der Waals surface area contributed by atoms with Gasteiger partial charge in [-0.3, -0.25) is 4.79 Å². The third-order valence-corrected chi connectivity index (χ3v) is 4.04. The number of hydrogen-bond donors (Lipinski definition) is 1. The molecule has 3 aromatic rings. The van der Waals surface area contributed by atoms with Crippen LogP contribution >= 0.6 is 11.6 Å². The van der Waals surface area contributed by atoms with Gasteiger partial charge < -0.3 is 10.1 Å². The van der Waals surface area contributed by atoms with E-state index >= 15 is 0 Å². The second kappa shape index (κ2) is 7.36. The van der Waals surface area contributed by atoms with Crippen LogP contribution in [0, 0.1) is 6.92 Å². The zero-order valence-electron chi connectivity index (χ0n) is 13.9. The van der Waals surface area contributed by atoms with Crippen LogP contribution in [0.1, 0.15) is 21.7 Å². The van der Waals surface area contributed by atoms with E-state index in [4.69, 9.17) is 16.3 Å². The van der Waals surface area contributed by atoms with Gasteiger partial charge in [0.15, 0.2) is 5.69 Å². The van der Waals surface area contributed by atoms with E-state index in [2.05, 4.69) is 15.6 Å². The van der Waals surface area contributed by atoms with Crippen molar-refractivity contribution >= 4 is 17.5 Å². The molecule has 0 atom stereocenters. The Hall–Kier alpha value is -2.86. The minimum atomic E-state index is -0.270. The van der Waals surface area contributed by atoms with Crippen LogP contribution in [0.2, 0.25) is 5.02 Å². The minimum Gasteiger partial charge on any atom is -0.497 e. The lowest BCUT2D eigenvalue weighted by atomic mass is 10.2.